The number of nitrogens with one attached hydrogen (secondary N) is 1. The molecule has 1 heterocycles. The zero-order valence-corrected chi connectivity index (χ0v) is 16.0. The van der Waals surface area contributed by atoms with Gasteiger partial charge < -0.3 is 20.5 Å². The third-order valence-corrected chi connectivity index (χ3v) is 5.73. The van der Waals surface area contributed by atoms with Crippen molar-refractivity contribution in [1.82, 2.24) is 0 Å². The Bertz CT molecular complexity index is 1100. The maximum absolute atomic E-state index is 13.1. The molecule has 1 aliphatic carbocycles. The van der Waals surface area contributed by atoms with Crippen molar-refractivity contribution >= 4 is 11.6 Å². The highest BCUT2D eigenvalue weighted by Crippen LogP contribution is 2.51. The van der Waals surface area contributed by atoms with E-state index in [-0.39, 0.29) is 14.1 Å². The van der Waals surface area contributed by atoms with Crippen LogP contribution in [0.5, 0.6) is 11.5 Å². The van der Waals surface area contributed by atoms with E-state index < -0.39 is 5.41 Å². The number of hydrogen-bond acceptors (Lipinski definition) is 4. The van der Waals surface area contributed by atoms with Gasteiger partial charge in [-0.05, 0) is 65.4 Å². The maximum atomic E-state index is 13.1. The molecule has 1 saturated carbocycles. The second kappa shape index (κ2) is 6.94. The predicted octanol–water partition coefficient (Wildman–Crippen LogP) is 4.46. The number of amides is 1. The lowest BCUT2D eigenvalue weighted by atomic mass is 9.94. The summed E-state index contributed by atoms with van der Waals surface area (Å²) >= 11 is 0. The van der Waals surface area contributed by atoms with E-state index >= 15 is 0 Å². The summed E-state index contributed by atoms with van der Waals surface area (Å²) in [5.74, 6) is 1.46. The van der Waals surface area contributed by atoms with Crippen molar-refractivity contribution in [3.63, 3.8) is 0 Å². The molecule has 0 aromatic heterocycles. The summed E-state index contributed by atoms with van der Waals surface area (Å²) in [6.07, 6.45) is 1.66. The van der Waals surface area contributed by atoms with Gasteiger partial charge in [0, 0.05) is 13.7 Å². The first-order chi connectivity index (χ1) is 14.2. The van der Waals surface area contributed by atoms with Crippen molar-refractivity contribution in [2.45, 2.75) is 24.8 Å². The van der Waals surface area contributed by atoms with Gasteiger partial charge in [-0.25, -0.2) is 0 Å². The SMILES string of the molecule is NCc1cccc(-c2cccc(NC(=O)C3(c4ccc5c(c4)OCO5)CC3)c2)c1.[HH]. The Morgan fingerprint density at radius 1 is 0.966 bits per heavy atom. The molecule has 5 heteroatoms. The van der Waals surface area contributed by atoms with Gasteiger partial charge in [0.05, 0.1) is 5.41 Å². The fraction of sp³-hybridized carbons (Fsp3) is 0.208. The molecule has 2 aliphatic rings. The van der Waals surface area contributed by atoms with Crippen molar-refractivity contribution in [1.29, 1.82) is 0 Å². The molecular formula is C24H24N2O3. The minimum atomic E-state index is -0.490. The van der Waals surface area contributed by atoms with E-state index in [4.69, 9.17) is 15.2 Å². The summed E-state index contributed by atoms with van der Waals surface area (Å²) in [6, 6.07) is 21.8. The van der Waals surface area contributed by atoms with Crippen LogP contribution in [0.15, 0.2) is 66.7 Å². The molecule has 0 spiro atoms. The average molecular weight is 388 g/mol. The van der Waals surface area contributed by atoms with Crippen LogP contribution < -0.4 is 20.5 Å². The molecule has 3 N–H and O–H groups in total. The quantitative estimate of drug-likeness (QED) is 0.677. The second-order valence-corrected chi connectivity index (χ2v) is 7.59. The van der Waals surface area contributed by atoms with E-state index in [2.05, 4.69) is 17.4 Å². The largest absolute Gasteiger partial charge is 0.454 e. The molecule has 1 aliphatic heterocycles. The smallest absolute Gasteiger partial charge is 0.235 e. The molecule has 29 heavy (non-hydrogen) atoms. The molecule has 0 unspecified atom stereocenters. The van der Waals surface area contributed by atoms with Gasteiger partial charge >= 0.3 is 0 Å². The van der Waals surface area contributed by atoms with Crippen LogP contribution in [0.3, 0.4) is 0 Å². The number of hydrogen-bond donors (Lipinski definition) is 2. The highest BCUT2D eigenvalue weighted by molar-refractivity contribution is 6.01. The summed E-state index contributed by atoms with van der Waals surface area (Å²) in [7, 11) is 0. The fourth-order valence-electron chi connectivity index (χ4n) is 3.87. The second-order valence-electron chi connectivity index (χ2n) is 7.59. The Morgan fingerprint density at radius 2 is 1.72 bits per heavy atom. The number of ether oxygens (including phenoxy) is 2. The minimum absolute atomic E-state index is 0. The first-order valence-electron chi connectivity index (χ1n) is 9.79. The summed E-state index contributed by atoms with van der Waals surface area (Å²) < 4.78 is 10.9. The molecule has 5 nitrogen and oxygen atoms in total. The monoisotopic (exact) mass is 388 g/mol. The van der Waals surface area contributed by atoms with E-state index in [0.717, 1.165) is 46.5 Å². The van der Waals surface area contributed by atoms with Gasteiger partial charge in [-0.1, -0.05) is 36.4 Å². The van der Waals surface area contributed by atoms with Crippen LogP contribution in [0.1, 0.15) is 25.4 Å². The van der Waals surface area contributed by atoms with Crippen LogP contribution in [-0.2, 0) is 16.8 Å². The molecule has 0 bridgehead atoms. The Balaban J connectivity index is 0.00000218. The Labute approximate surface area is 170 Å². The third-order valence-electron chi connectivity index (χ3n) is 5.73. The number of carbonyl (C=O) groups excluding carboxylic acids is 1. The lowest BCUT2D eigenvalue weighted by molar-refractivity contribution is -0.118. The number of anilines is 1. The van der Waals surface area contributed by atoms with Gasteiger partial charge in [-0.3, -0.25) is 4.79 Å². The fourth-order valence-corrected chi connectivity index (χ4v) is 3.87. The van der Waals surface area contributed by atoms with Crippen molar-refractivity contribution in [3.05, 3.63) is 77.9 Å². The average Bonchev–Trinajstić information content (AvgIpc) is 3.45. The van der Waals surface area contributed by atoms with E-state index in [0.29, 0.717) is 12.3 Å². The zero-order chi connectivity index (χ0) is 19.8. The summed E-state index contributed by atoms with van der Waals surface area (Å²) in [4.78, 5) is 13.1. The molecule has 0 saturated heterocycles. The van der Waals surface area contributed by atoms with Crippen LogP contribution >= 0.6 is 0 Å². The topological polar surface area (TPSA) is 73.6 Å². The molecule has 3 aromatic carbocycles. The number of nitrogens with two attached hydrogens (primary N) is 1. The molecule has 3 aromatic rings. The van der Waals surface area contributed by atoms with Gasteiger partial charge in [0.2, 0.25) is 12.7 Å². The standard InChI is InChI=1S/C24H22N2O3.H2/c25-14-16-3-1-4-17(11-16)18-5-2-6-20(12-18)26-23(27)24(9-10-24)19-7-8-21-22(13-19)29-15-28-21;/h1-8,11-13H,9-10,14-15,25H2,(H,26,27);1H. The first kappa shape index (κ1) is 17.8. The lowest BCUT2D eigenvalue weighted by Crippen LogP contribution is -2.27. The number of benzene rings is 3. The van der Waals surface area contributed by atoms with Gasteiger partial charge in [0.1, 0.15) is 0 Å². The Kier molecular flexibility index (Phi) is 4.25. The normalized spacial score (nSPS) is 15.8. The summed E-state index contributed by atoms with van der Waals surface area (Å²) in [5, 5.41) is 3.11. The van der Waals surface area contributed by atoms with E-state index in [1.54, 1.807) is 0 Å². The van der Waals surface area contributed by atoms with Crippen LogP contribution in [0.2, 0.25) is 0 Å². The van der Waals surface area contributed by atoms with Gasteiger partial charge in [0.15, 0.2) is 11.5 Å². The van der Waals surface area contributed by atoms with Gasteiger partial charge in [-0.15, -0.1) is 0 Å². The highest BCUT2D eigenvalue weighted by atomic mass is 16.7. The number of fused-ring (bicyclic) bond motifs is 1. The van der Waals surface area contributed by atoms with Crippen LogP contribution in [0, 0.1) is 0 Å². The van der Waals surface area contributed by atoms with Gasteiger partial charge in [0.25, 0.3) is 0 Å². The van der Waals surface area contributed by atoms with Crippen molar-refractivity contribution in [2.75, 3.05) is 12.1 Å². The molecule has 0 atom stereocenters. The third kappa shape index (κ3) is 3.23. The number of carbonyl (C=O) groups is 1. The zero-order valence-electron chi connectivity index (χ0n) is 16.0. The molecule has 148 valence electrons. The van der Waals surface area contributed by atoms with E-state index in [1.165, 1.54) is 0 Å². The molecule has 1 fully saturated rings. The van der Waals surface area contributed by atoms with Crippen LogP contribution in [0.25, 0.3) is 11.1 Å². The van der Waals surface area contributed by atoms with Crippen molar-refractivity contribution in [3.8, 4) is 22.6 Å². The lowest BCUT2D eigenvalue weighted by Gasteiger charge is -2.17. The molecular weight excluding hydrogens is 364 g/mol. The van der Waals surface area contributed by atoms with Crippen molar-refractivity contribution in [2.24, 2.45) is 5.73 Å². The minimum Gasteiger partial charge on any atom is -0.454 e. The summed E-state index contributed by atoms with van der Waals surface area (Å²) in [6.45, 7) is 0.735. The van der Waals surface area contributed by atoms with Crippen LogP contribution in [-0.4, -0.2) is 12.7 Å². The Hall–Kier alpha value is -3.31. The summed E-state index contributed by atoms with van der Waals surface area (Å²) in [5.41, 5.74) is 10.3. The Morgan fingerprint density at radius 3 is 2.52 bits per heavy atom. The van der Waals surface area contributed by atoms with E-state index in [9.17, 15) is 4.79 Å². The predicted molar refractivity (Wildman–Crippen MR) is 114 cm³/mol. The highest BCUT2D eigenvalue weighted by Gasteiger charge is 2.51. The molecule has 0 radical (unpaired) electrons. The maximum Gasteiger partial charge on any atom is 0.235 e. The van der Waals surface area contributed by atoms with Gasteiger partial charge in [-0.2, -0.15) is 0 Å². The van der Waals surface area contributed by atoms with Crippen LogP contribution in [0.4, 0.5) is 5.69 Å². The van der Waals surface area contributed by atoms with Crippen molar-refractivity contribution < 1.29 is 15.7 Å². The van der Waals surface area contributed by atoms with E-state index in [1.807, 2.05) is 54.6 Å². The molecule has 5 rings (SSSR count). The number of rotatable bonds is 5. The first-order valence-corrected chi connectivity index (χ1v) is 9.79. The molecule has 1 amide bonds.